The number of amides is 1. The molecule has 0 fully saturated rings. The lowest BCUT2D eigenvalue weighted by Crippen LogP contribution is -2.16. The van der Waals surface area contributed by atoms with Crippen LogP contribution in [0.25, 0.3) is 27.7 Å². The van der Waals surface area contributed by atoms with Crippen LogP contribution >= 0.6 is 0 Å². The van der Waals surface area contributed by atoms with Crippen LogP contribution in [0.5, 0.6) is 5.75 Å². The molecule has 31 heavy (non-hydrogen) atoms. The smallest absolute Gasteiger partial charge is 0.274 e. The number of carbonyl (C=O) groups excluding carboxylic acids is 1. The average Bonchev–Trinajstić information content (AvgIpc) is 3.13. The number of anilines is 1. The van der Waals surface area contributed by atoms with Crippen LogP contribution in [-0.4, -0.2) is 20.4 Å². The van der Waals surface area contributed by atoms with Gasteiger partial charge in [0.1, 0.15) is 22.8 Å². The minimum Gasteiger partial charge on any atom is -0.507 e. The monoisotopic (exact) mass is 407 g/mol. The summed E-state index contributed by atoms with van der Waals surface area (Å²) in [5.41, 5.74) is 5.51. The summed E-state index contributed by atoms with van der Waals surface area (Å²) in [6.45, 7) is 4.01. The predicted molar refractivity (Wildman–Crippen MR) is 124 cm³/mol. The highest BCUT2D eigenvalue weighted by molar-refractivity contribution is 6.12. The Morgan fingerprint density at radius 1 is 0.871 bits per heavy atom. The summed E-state index contributed by atoms with van der Waals surface area (Å²) in [4.78, 5) is 18.3. The number of nitrogens with one attached hydrogen (secondary N) is 1. The third-order valence-electron chi connectivity index (χ3n) is 5.45. The summed E-state index contributed by atoms with van der Waals surface area (Å²) in [7, 11) is 0. The number of aromatic hydroxyl groups is 1. The van der Waals surface area contributed by atoms with E-state index in [9.17, 15) is 9.90 Å². The van der Waals surface area contributed by atoms with E-state index < -0.39 is 0 Å². The molecule has 0 bridgehead atoms. The SMILES string of the molecule is Cc1ccc(-c2nc3ccc(C)cn3c2C(=O)Nc2cccc3c(O)cccc23)cc1. The molecule has 152 valence electrons. The van der Waals surface area contributed by atoms with Crippen molar-refractivity contribution >= 4 is 28.0 Å². The van der Waals surface area contributed by atoms with Gasteiger partial charge in [-0.3, -0.25) is 9.20 Å². The molecule has 0 aliphatic carbocycles. The second kappa shape index (κ2) is 7.29. The maximum atomic E-state index is 13.6. The largest absolute Gasteiger partial charge is 0.507 e. The first-order valence-corrected chi connectivity index (χ1v) is 10.1. The number of fused-ring (bicyclic) bond motifs is 2. The third kappa shape index (κ3) is 3.30. The van der Waals surface area contributed by atoms with Crippen molar-refractivity contribution < 1.29 is 9.90 Å². The molecule has 0 aliphatic heterocycles. The first kappa shape index (κ1) is 18.9. The maximum Gasteiger partial charge on any atom is 0.274 e. The summed E-state index contributed by atoms with van der Waals surface area (Å²) in [6, 6.07) is 22.7. The molecule has 0 spiro atoms. The van der Waals surface area contributed by atoms with Crippen molar-refractivity contribution in [2.45, 2.75) is 13.8 Å². The first-order valence-electron chi connectivity index (χ1n) is 10.1. The van der Waals surface area contributed by atoms with Crippen LogP contribution in [0.3, 0.4) is 0 Å². The number of benzene rings is 3. The van der Waals surface area contributed by atoms with Crippen molar-refractivity contribution in [3.8, 4) is 17.0 Å². The van der Waals surface area contributed by atoms with Gasteiger partial charge in [-0.2, -0.15) is 0 Å². The fourth-order valence-corrected chi connectivity index (χ4v) is 3.86. The van der Waals surface area contributed by atoms with E-state index in [-0.39, 0.29) is 11.7 Å². The molecule has 1 amide bonds. The van der Waals surface area contributed by atoms with Gasteiger partial charge in [0, 0.05) is 28.2 Å². The Labute approximate surface area is 179 Å². The highest BCUT2D eigenvalue weighted by atomic mass is 16.3. The Morgan fingerprint density at radius 3 is 2.39 bits per heavy atom. The lowest BCUT2D eigenvalue weighted by molar-refractivity contribution is 0.102. The minimum absolute atomic E-state index is 0.180. The van der Waals surface area contributed by atoms with E-state index >= 15 is 0 Å². The standard InChI is InChI=1S/C26H21N3O2/c1-16-9-12-18(13-10-16)24-25(29-15-17(2)11-14-23(29)28-24)26(31)27-21-7-3-6-20-19(21)5-4-8-22(20)30/h3-15,30H,1-2H3,(H,27,31). The van der Waals surface area contributed by atoms with Gasteiger partial charge in [0.05, 0.1) is 0 Å². The highest BCUT2D eigenvalue weighted by Crippen LogP contribution is 2.31. The van der Waals surface area contributed by atoms with Crippen LogP contribution in [0.4, 0.5) is 5.69 Å². The summed E-state index contributed by atoms with van der Waals surface area (Å²) in [6.07, 6.45) is 1.92. The molecular weight excluding hydrogens is 386 g/mol. The molecule has 2 N–H and O–H groups in total. The molecule has 0 aliphatic rings. The van der Waals surface area contributed by atoms with Gasteiger partial charge in [-0.15, -0.1) is 0 Å². The second-order valence-electron chi connectivity index (χ2n) is 7.74. The lowest BCUT2D eigenvalue weighted by Gasteiger charge is -2.11. The van der Waals surface area contributed by atoms with E-state index in [4.69, 9.17) is 4.98 Å². The van der Waals surface area contributed by atoms with Crippen LogP contribution in [0.2, 0.25) is 0 Å². The van der Waals surface area contributed by atoms with Crippen molar-refractivity contribution in [3.05, 3.63) is 95.8 Å². The number of aromatic nitrogens is 2. The Bertz CT molecular complexity index is 1450. The number of aryl methyl sites for hydroxylation is 2. The van der Waals surface area contributed by atoms with E-state index in [1.165, 1.54) is 0 Å². The Hall–Kier alpha value is -4.12. The molecule has 0 saturated heterocycles. The van der Waals surface area contributed by atoms with E-state index in [2.05, 4.69) is 5.32 Å². The zero-order valence-electron chi connectivity index (χ0n) is 17.3. The minimum atomic E-state index is -0.260. The van der Waals surface area contributed by atoms with E-state index in [0.717, 1.165) is 22.1 Å². The predicted octanol–water partition coefficient (Wildman–Crippen LogP) is 5.73. The van der Waals surface area contributed by atoms with E-state index in [1.54, 1.807) is 12.1 Å². The third-order valence-corrected chi connectivity index (χ3v) is 5.45. The van der Waals surface area contributed by atoms with Gasteiger partial charge in [0.15, 0.2) is 0 Å². The first-order chi connectivity index (χ1) is 15.0. The molecule has 0 atom stereocenters. The van der Waals surface area contributed by atoms with Gasteiger partial charge in [0.2, 0.25) is 0 Å². The van der Waals surface area contributed by atoms with Crippen LogP contribution in [-0.2, 0) is 0 Å². The number of pyridine rings is 1. The van der Waals surface area contributed by atoms with Gasteiger partial charge in [0.25, 0.3) is 5.91 Å². The molecule has 5 nitrogen and oxygen atoms in total. The van der Waals surface area contributed by atoms with Gasteiger partial charge in [-0.25, -0.2) is 4.98 Å². The van der Waals surface area contributed by atoms with Crippen molar-refractivity contribution in [1.29, 1.82) is 0 Å². The molecule has 5 heteroatoms. The Balaban J connectivity index is 1.66. The fourth-order valence-electron chi connectivity index (χ4n) is 3.86. The van der Waals surface area contributed by atoms with Gasteiger partial charge < -0.3 is 10.4 Å². The van der Waals surface area contributed by atoms with Crippen molar-refractivity contribution in [2.75, 3.05) is 5.32 Å². The van der Waals surface area contributed by atoms with Crippen molar-refractivity contribution in [1.82, 2.24) is 9.38 Å². The van der Waals surface area contributed by atoms with Crippen LogP contribution in [0.15, 0.2) is 79.0 Å². The van der Waals surface area contributed by atoms with Gasteiger partial charge >= 0.3 is 0 Å². The molecule has 0 unspecified atom stereocenters. The number of hydrogen-bond acceptors (Lipinski definition) is 3. The van der Waals surface area contributed by atoms with Gasteiger partial charge in [-0.1, -0.05) is 60.2 Å². The number of imidazole rings is 1. The quantitative estimate of drug-likeness (QED) is 0.401. The van der Waals surface area contributed by atoms with E-state index in [1.807, 2.05) is 85.1 Å². The second-order valence-corrected chi connectivity index (χ2v) is 7.74. The lowest BCUT2D eigenvalue weighted by atomic mass is 10.1. The molecule has 3 aromatic carbocycles. The molecule has 2 heterocycles. The topological polar surface area (TPSA) is 66.6 Å². The number of carbonyl (C=O) groups is 1. The zero-order valence-corrected chi connectivity index (χ0v) is 17.3. The molecular formula is C26H21N3O2. The summed E-state index contributed by atoms with van der Waals surface area (Å²) in [5.74, 6) is -0.0797. The van der Waals surface area contributed by atoms with Crippen LogP contribution in [0.1, 0.15) is 21.6 Å². The van der Waals surface area contributed by atoms with Crippen LogP contribution < -0.4 is 5.32 Å². The number of nitrogens with zero attached hydrogens (tertiary/aromatic N) is 2. The fraction of sp³-hybridized carbons (Fsp3) is 0.0769. The van der Waals surface area contributed by atoms with Gasteiger partial charge in [-0.05, 0) is 37.6 Å². The highest BCUT2D eigenvalue weighted by Gasteiger charge is 2.21. The number of phenols is 1. The summed E-state index contributed by atoms with van der Waals surface area (Å²) < 4.78 is 1.84. The zero-order chi connectivity index (χ0) is 21.5. The summed E-state index contributed by atoms with van der Waals surface area (Å²) >= 11 is 0. The molecule has 5 rings (SSSR count). The molecule has 0 radical (unpaired) electrons. The Morgan fingerprint density at radius 2 is 1.58 bits per heavy atom. The molecule has 0 saturated carbocycles. The van der Waals surface area contributed by atoms with Crippen molar-refractivity contribution in [3.63, 3.8) is 0 Å². The van der Waals surface area contributed by atoms with E-state index in [0.29, 0.717) is 28.1 Å². The Kier molecular flexibility index (Phi) is 4.44. The molecule has 5 aromatic rings. The number of phenolic OH excluding ortho intramolecular Hbond substituents is 1. The van der Waals surface area contributed by atoms with Crippen LogP contribution in [0, 0.1) is 13.8 Å². The number of hydrogen-bond donors (Lipinski definition) is 2. The average molecular weight is 407 g/mol. The normalized spacial score (nSPS) is 11.2. The number of rotatable bonds is 3. The molecule has 2 aromatic heterocycles. The maximum absolute atomic E-state index is 13.6. The summed E-state index contributed by atoms with van der Waals surface area (Å²) in [5, 5.41) is 14.7. The van der Waals surface area contributed by atoms with Crippen molar-refractivity contribution in [2.24, 2.45) is 0 Å².